The second-order valence-electron chi connectivity index (χ2n) is 21.6. The summed E-state index contributed by atoms with van der Waals surface area (Å²) < 4.78 is 5.25. The summed E-state index contributed by atoms with van der Waals surface area (Å²) in [5.74, 6) is 0. The van der Waals surface area contributed by atoms with Gasteiger partial charge in [-0.3, -0.25) is 0 Å². The first kappa shape index (κ1) is 42.4. The van der Waals surface area contributed by atoms with Gasteiger partial charge in [-0.1, -0.05) is 168 Å². The maximum atomic E-state index is 5.25. The molecule has 2 heterocycles. The van der Waals surface area contributed by atoms with E-state index in [9.17, 15) is 0 Å². The zero-order chi connectivity index (χ0) is 45.9. The van der Waals surface area contributed by atoms with Crippen LogP contribution in [-0.2, 0) is 21.7 Å². The van der Waals surface area contributed by atoms with Crippen molar-refractivity contribution < 1.29 is 0 Å². The molecule has 316 valence electrons. The molecule has 5 heteroatoms. The highest BCUT2D eigenvalue weighted by Crippen LogP contribution is 2.49. The Balaban J connectivity index is 0.00000276. The van der Waals surface area contributed by atoms with E-state index in [2.05, 4.69) is 264 Å². The molecule has 0 saturated carbocycles. The van der Waals surface area contributed by atoms with Crippen LogP contribution in [0.25, 0.3) is 0 Å². The van der Waals surface area contributed by atoms with Gasteiger partial charge in [-0.2, -0.15) is 0 Å². The number of para-hydroxylation sites is 2. The second kappa shape index (κ2) is 15.7. The average Bonchev–Trinajstić information content (AvgIpc) is 3.26. The third-order valence-electron chi connectivity index (χ3n) is 13.1. The van der Waals surface area contributed by atoms with E-state index in [0.29, 0.717) is 0 Å². The van der Waals surface area contributed by atoms with Gasteiger partial charge >= 0.3 is 0 Å². The number of rotatable bonds is 5. The van der Waals surface area contributed by atoms with E-state index in [1.807, 2.05) is 0 Å². The number of benzene rings is 7. The Labute approximate surface area is 381 Å². The van der Waals surface area contributed by atoms with Crippen LogP contribution in [0.15, 0.2) is 158 Å². The minimum Gasteiger partial charge on any atom is -0.311 e. The second-order valence-corrected chi connectivity index (χ2v) is 21.6. The Hall–Kier alpha value is -5.93. The van der Waals surface area contributed by atoms with Gasteiger partial charge in [0.05, 0.1) is 5.69 Å². The summed E-state index contributed by atoms with van der Waals surface area (Å²) in [5.41, 5.74) is 19.8. The summed E-state index contributed by atoms with van der Waals surface area (Å²) in [7, 11) is 3.75. The molecule has 0 unspecified atom stereocenters. The largest absolute Gasteiger partial charge is 0.311 e. The van der Waals surface area contributed by atoms with E-state index < -0.39 is 0 Å². The number of nitrogens with zero attached hydrogens (tertiary/aromatic N) is 3. The van der Waals surface area contributed by atoms with Gasteiger partial charge in [0.25, 0.3) is 6.71 Å². The molecule has 0 aliphatic carbocycles. The first-order chi connectivity index (χ1) is 30.3. The highest BCUT2D eigenvalue weighted by Gasteiger charge is 2.45. The van der Waals surface area contributed by atoms with Gasteiger partial charge in [-0.15, -0.1) is 0 Å². The number of anilines is 9. The van der Waals surface area contributed by atoms with E-state index in [0.717, 1.165) is 28.4 Å². The van der Waals surface area contributed by atoms with Crippen LogP contribution in [0.5, 0.6) is 0 Å². The van der Waals surface area contributed by atoms with Crippen LogP contribution < -0.4 is 31.1 Å². The lowest BCUT2D eigenvalue weighted by atomic mass is 9.33. The van der Waals surface area contributed by atoms with Crippen LogP contribution in [0, 0.1) is 0 Å². The minimum atomic E-state index is -0.0291. The van der Waals surface area contributed by atoms with Gasteiger partial charge in [0.2, 0.25) is 0 Å². The van der Waals surface area contributed by atoms with Gasteiger partial charge in [-0.25, -0.2) is 0 Å². The average molecular weight is 825 g/mol. The van der Waals surface area contributed by atoms with Crippen molar-refractivity contribution in [2.24, 2.45) is 0 Å². The lowest BCUT2D eigenvalue weighted by molar-refractivity contribution is 0.590. The normalized spacial score (nSPS) is 13.6. The van der Waals surface area contributed by atoms with E-state index >= 15 is 0 Å². The third kappa shape index (κ3) is 7.90. The molecular weight excluding hydrogens is 760 g/mol. The molecule has 7 aromatic rings. The van der Waals surface area contributed by atoms with Crippen LogP contribution in [0.4, 0.5) is 51.2 Å². The van der Waals surface area contributed by atoms with Crippen molar-refractivity contribution in [2.45, 2.75) is 105 Å². The zero-order valence-corrected chi connectivity index (χ0v) is 39.5. The molecule has 0 fully saturated rings. The Bertz CT molecular complexity index is 2590. The van der Waals surface area contributed by atoms with Gasteiger partial charge in [0.1, 0.15) is 0 Å². The summed E-state index contributed by atoms with van der Waals surface area (Å²) in [6.45, 7) is 27.8. The lowest BCUT2D eigenvalue weighted by Gasteiger charge is -2.45. The molecule has 2 aliphatic rings. The third-order valence-corrected chi connectivity index (χ3v) is 13.1. The smallest absolute Gasteiger partial charge is 0.252 e. The summed E-state index contributed by atoms with van der Waals surface area (Å²) in [6, 6.07) is 59.8. The minimum absolute atomic E-state index is 0.000692. The van der Waals surface area contributed by atoms with Crippen LogP contribution in [0.3, 0.4) is 0 Å². The Kier molecular flexibility index (Phi) is 10.6. The molecule has 7 aromatic carbocycles. The highest BCUT2D eigenvalue weighted by molar-refractivity contribution is 7.00. The molecule has 2 radical (unpaired) electrons. The first-order valence-electron chi connectivity index (χ1n) is 23.1. The Morgan fingerprint density at radius 3 is 1.05 bits per heavy atom. The van der Waals surface area contributed by atoms with Crippen molar-refractivity contribution in [1.29, 1.82) is 1.34 Å². The quantitative estimate of drug-likeness (QED) is 0.160. The summed E-state index contributed by atoms with van der Waals surface area (Å²) >= 11 is 0. The van der Waals surface area contributed by atoms with E-state index in [4.69, 9.17) is 1.34 Å². The van der Waals surface area contributed by atoms with Gasteiger partial charge in [0.15, 0.2) is 0 Å². The molecule has 0 spiro atoms. The fourth-order valence-corrected chi connectivity index (χ4v) is 9.43. The van der Waals surface area contributed by atoms with Gasteiger partial charge in [-0.05, 0) is 134 Å². The molecule has 0 bridgehead atoms. The number of hydrogen-bond acceptors (Lipinski definition) is 3. The van der Waals surface area contributed by atoms with Crippen molar-refractivity contribution in [1.82, 2.24) is 0 Å². The SMILES string of the molecule is CC(C)(C)c1ccc(N2c3ccc(C(C)(C)C)cc3B3c4cc(C(C)(C)C)ccc4N(c4ccc(C(C)(C)C)cc4)c4cc(N(c5ccccc5)c5ccccc5)cc2c43)cc1.[2H][B]. The maximum Gasteiger partial charge on any atom is 0.252 e. The Morgan fingerprint density at radius 1 is 0.381 bits per heavy atom. The van der Waals surface area contributed by atoms with Crippen LogP contribution in [0.2, 0.25) is 0 Å². The maximum absolute atomic E-state index is 5.25. The predicted octanol–water partition coefficient (Wildman–Crippen LogP) is 13.8. The monoisotopic (exact) mass is 825 g/mol. The fraction of sp³-hybridized carbons (Fsp3) is 0.276. The topological polar surface area (TPSA) is 9.72 Å². The lowest BCUT2D eigenvalue weighted by Crippen LogP contribution is -2.61. The van der Waals surface area contributed by atoms with Crippen LogP contribution in [-0.4, -0.2) is 16.4 Å². The van der Waals surface area contributed by atoms with E-state index in [1.54, 1.807) is 0 Å². The van der Waals surface area contributed by atoms with E-state index in [-0.39, 0.29) is 28.4 Å². The fourth-order valence-electron chi connectivity index (χ4n) is 9.43. The van der Waals surface area contributed by atoms with Crippen molar-refractivity contribution in [3.05, 3.63) is 180 Å². The number of hydrogen-bond donors (Lipinski definition) is 0. The van der Waals surface area contributed by atoms with Crippen molar-refractivity contribution in [2.75, 3.05) is 14.7 Å². The molecule has 0 atom stereocenters. The molecule has 63 heavy (non-hydrogen) atoms. The van der Waals surface area contributed by atoms with Gasteiger partial charge < -0.3 is 14.7 Å². The van der Waals surface area contributed by atoms with Crippen LogP contribution >= 0.6 is 0 Å². The predicted molar refractivity (Wildman–Crippen MR) is 277 cm³/mol. The first-order valence-corrected chi connectivity index (χ1v) is 22.5. The Morgan fingerprint density at radius 2 is 0.714 bits per heavy atom. The van der Waals surface area contributed by atoms with Crippen molar-refractivity contribution in [3.63, 3.8) is 0 Å². The molecule has 0 aromatic heterocycles. The van der Waals surface area contributed by atoms with Gasteiger partial charge in [0, 0.05) is 53.9 Å². The molecular formula is C58H63B2N3. The van der Waals surface area contributed by atoms with Crippen molar-refractivity contribution >= 4 is 82.7 Å². The molecule has 2 aliphatic heterocycles. The van der Waals surface area contributed by atoms with Crippen LogP contribution in [0.1, 0.15) is 105 Å². The molecule has 0 amide bonds. The molecule has 3 nitrogen and oxygen atoms in total. The molecule has 0 saturated heterocycles. The summed E-state index contributed by atoms with van der Waals surface area (Å²) in [4.78, 5) is 7.53. The molecule has 9 rings (SSSR count). The zero-order valence-electron chi connectivity index (χ0n) is 40.5. The summed E-state index contributed by atoms with van der Waals surface area (Å²) in [6.07, 6.45) is 0. The molecule has 0 N–H and O–H groups in total. The van der Waals surface area contributed by atoms with Crippen molar-refractivity contribution in [3.8, 4) is 0 Å². The number of fused-ring (bicyclic) bond motifs is 4. The van der Waals surface area contributed by atoms with E-state index in [1.165, 1.54) is 61.4 Å². The standard InChI is InChI=1S/C58H62BN3.BH/c1-55(2,3)39-23-29-45(30-24-39)61-50-33-27-41(57(7,8)9)35-48(50)59-49-36-42(58(10,11)12)28-34-51(49)62(46-31-25-40(26-32-46)56(4,5)6)53-38-47(37-52(61)54(53)59)60(43-19-15-13-16-20-43)44-21-17-14-18-22-44;/h13-38H,1-12H3;1H/i;1D. The highest BCUT2D eigenvalue weighted by atomic mass is 15.2. The summed E-state index contributed by atoms with van der Waals surface area (Å²) in [5, 5.41) is 0.